The molecule has 0 heterocycles. The maximum absolute atomic E-state index is 13.4. The molecule has 2 aromatic rings. The summed E-state index contributed by atoms with van der Waals surface area (Å²) in [5, 5.41) is 2.85. The summed E-state index contributed by atoms with van der Waals surface area (Å²) in [4.78, 5) is 27.8. The average molecular weight is 556 g/mol. The van der Waals surface area contributed by atoms with E-state index in [0.717, 1.165) is 39.9 Å². The predicted molar refractivity (Wildman–Crippen MR) is 142 cm³/mol. The molecule has 0 bridgehead atoms. The van der Waals surface area contributed by atoms with E-state index in [1.165, 1.54) is 11.0 Å². The zero-order valence-corrected chi connectivity index (χ0v) is 23.2. The van der Waals surface area contributed by atoms with Crippen molar-refractivity contribution in [2.75, 3.05) is 17.1 Å². The van der Waals surface area contributed by atoms with Crippen LogP contribution in [0.25, 0.3) is 0 Å². The van der Waals surface area contributed by atoms with Gasteiger partial charge in [0.15, 0.2) is 0 Å². The maximum atomic E-state index is 13.4. The predicted octanol–water partition coefficient (Wildman–Crippen LogP) is 4.89. The number of nitrogens with one attached hydrogen (secondary N) is 1. The quantitative estimate of drug-likeness (QED) is 0.404. The Bertz CT molecular complexity index is 1220. The lowest BCUT2D eigenvalue weighted by Crippen LogP contribution is -2.50. The summed E-state index contributed by atoms with van der Waals surface area (Å²) in [5.74, 6) is -0.639. The molecule has 1 atom stereocenters. The minimum atomic E-state index is -4.63. The number of hydrogen-bond acceptors (Lipinski definition) is 4. The van der Waals surface area contributed by atoms with Crippen molar-refractivity contribution >= 4 is 27.5 Å². The van der Waals surface area contributed by atoms with Crippen LogP contribution in [0.5, 0.6) is 0 Å². The molecule has 0 saturated heterocycles. The van der Waals surface area contributed by atoms with Crippen LogP contribution in [0.2, 0.25) is 0 Å². The van der Waals surface area contributed by atoms with Gasteiger partial charge in [-0.05, 0) is 57.4 Å². The number of hydrogen-bond donors (Lipinski definition) is 1. The fourth-order valence-electron chi connectivity index (χ4n) is 4.15. The summed E-state index contributed by atoms with van der Waals surface area (Å²) >= 11 is 0. The summed E-state index contributed by atoms with van der Waals surface area (Å²) in [6, 6.07) is 10.8. The molecule has 2 amide bonds. The number of carbonyl (C=O) groups excluding carboxylic acids is 2. The zero-order valence-electron chi connectivity index (χ0n) is 22.4. The van der Waals surface area contributed by atoms with Gasteiger partial charge >= 0.3 is 6.18 Å². The van der Waals surface area contributed by atoms with Crippen LogP contribution < -0.4 is 9.62 Å². The molecule has 0 unspecified atom stereocenters. The van der Waals surface area contributed by atoms with E-state index in [1.54, 1.807) is 6.92 Å². The number of carbonyl (C=O) groups is 2. The number of amides is 2. The lowest BCUT2D eigenvalue weighted by atomic mass is 10.1. The molecular formula is C27H36F3N3O4S. The topological polar surface area (TPSA) is 86.8 Å². The molecule has 7 nitrogen and oxygen atoms in total. The highest BCUT2D eigenvalue weighted by Crippen LogP contribution is 2.32. The Balaban J connectivity index is 2.26. The Hall–Kier alpha value is -3.08. The molecule has 0 aliphatic rings. The largest absolute Gasteiger partial charge is 0.416 e. The minimum Gasteiger partial charge on any atom is -0.352 e. The molecule has 210 valence electrons. The van der Waals surface area contributed by atoms with Gasteiger partial charge in [-0.25, -0.2) is 8.42 Å². The van der Waals surface area contributed by atoms with E-state index in [1.807, 2.05) is 45.0 Å². The first kappa shape index (κ1) is 31.1. The maximum Gasteiger partial charge on any atom is 0.416 e. The van der Waals surface area contributed by atoms with E-state index in [4.69, 9.17) is 0 Å². The first-order valence-corrected chi connectivity index (χ1v) is 14.3. The first-order valence-electron chi connectivity index (χ1n) is 12.4. The Morgan fingerprint density at radius 1 is 1.05 bits per heavy atom. The monoisotopic (exact) mass is 555 g/mol. The number of anilines is 1. The van der Waals surface area contributed by atoms with Gasteiger partial charge in [0.05, 0.1) is 17.5 Å². The summed E-state index contributed by atoms with van der Waals surface area (Å²) in [5.41, 5.74) is 0.746. The van der Waals surface area contributed by atoms with E-state index >= 15 is 0 Å². The van der Waals surface area contributed by atoms with Gasteiger partial charge in [-0.1, -0.05) is 42.8 Å². The standard InChI is InChI=1S/C27H36F3N3O4S/c1-6-24(26(35)31-19(2)3)32(18-21-11-7-10-20(4)16-21)25(34)14-9-15-33(38(5,36)37)23-13-8-12-22(17-23)27(28,29)30/h7-8,10-13,16-17,19,24H,6,9,14-15,18H2,1-5H3,(H,31,35)/t24-/m1/s1. The van der Waals surface area contributed by atoms with Gasteiger partial charge in [0.1, 0.15) is 6.04 Å². The molecule has 1 N–H and O–H groups in total. The highest BCUT2D eigenvalue weighted by atomic mass is 32.2. The van der Waals surface area contributed by atoms with Crippen molar-refractivity contribution < 1.29 is 31.2 Å². The van der Waals surface area contributed by atoms with Crippen LogP contribution in [0.15, 0.2) is 48.5 Å². The fraction of sp³-hybridized carbons (Fsp3) is 0.481. The van der Waals surface area contributed by atoms with Crippen LogP contribution in [-0.4, -0.2) is 50.0 Å². The van der Waals surface area contributed by atoms with Crippen molar-refractivity contribution in [2.24, 2.45) is 0 Å². The van der Waals surface area contributed by atoms with E-state index in [0.29, 0.717) is 6.42 Å². The summed E-state index contributed by atoms with van der Waals surface area (Å²) in [6.07, 6.45) is -3.40. The van der Waals surface area contributed by atoms with Crippen molar-refractivity contribution in [3.63, 3.8) is 0 Å². The molecule has 0 saturated carbocycles. The molecule has 2 aromatic carbocycles. The number of alkyl halides is 3. The Morgan fingerprint density at radius 2 is 1.71 bits per heavy atom. The molecule has 11 heteroatoms. The molecule has 0 aromatic heterocycles. The van der Waals surface area contributed by atoms with Gasteiger partial charge in [0.25, 0.3) is 0 Å². The first-order chi connectivity index (χ1) is 17.6. The summed E-state index contributed by atoms with van der Waals surface area (Å²) < 4.78 is 65.2. The molecular weight excluding hydrogens is 519 g/mol. The number of halogens is 3. The van der Waals surface area contributed by atoms with Gasteiger partial charge in [-0.15, -0.1) is 0 Å². The third-order valence-corrected chi connectivity index (χ3v) is 7.06. The highest BCUT2D eigenvalue weighted by Gasteiger charge is 2.32. The van der Waals surface area contributed by atoms with Crippen LogP contribution in [0.3, 0.4) is 0 Å². The third kappa shape index (κ3) is 9.04. The second kappa shape index (κ2) is 13.1. The molecule has 0 spiro atoms. The lowest BCUT2D eigenvalue weighted by Gasteiger charge is -2.31. The van der Waals surface area contributed by atoms with E-state index in [-0.39, 0.29) is 49.5 Å². The number of benzene rings is 2. The van der Waals surface area contributed by atoms with E-state index < -0.39 is 27.8 Å². The summed E-state index contributed by atoms with van der Waals surface area (Å²) in [7, 11) is -3.92. The van der Waals surface area contributed by atoms with Crippen molar-refractivity contribution in [2.45, 2.75) is 71.8 Å². The van der Waals surface area contributed by atoms with Crippen molar-refractivity contribution in [1.29, 1.82) is 0 Å². The fourth-order valence-corrected chi connectivity index (χ4v) is 5.11. The van der Waals surface area contributed by atoms with Crippen LogP contribution in [0, 0.1) is 6.92 Å². The molecule has 38 heavy (non-hydrogen) atoms. The van der Waals surface area contributed by atoms with Crippen LogP contribution in [0.4, 0.5) is 18.9 Å². The van der Waals surface area contributed by atoms with Crippen LogP contribution >= 0.6 is 0 Å². The number of aryl methyl sites for hydroxylation is 1. The van der Waals surface area contributed by atoms with Crippen LogP contribution in [-0.2, 0) is 32.3 Å². The average Bonchev–Trinajstić information content (AvgIpc) is 2.80. The van der Waals surface area contributed by atoms with Crippen molar-refractivity contribution in [1.82, 2.24) is 10.2 Å². The summed E-state index contributed by atoms with van der Waals surface area (Å²) in [6.45, 7) is 7.37. The number of rotatable bonds is 12. The molecule has 0 aliphatic carbocycles. The lowest BCUT2D eigenvalue weighted by molar-refractivity contribution is -0.141. The van der Waals surface area contributed by atoms with E-state index in [9.17, 15) is 31.2 Å². The normalized spacial score (nSPS) is 12.8. The van der Waals surface area contributed by atoms with Crippen molar-refractivity contribution in [3.8, 4) is 0 Å². The van der Waals surface area contributed by atoms with Gasteiger partial charge in [0, 0.05) is 25.6 Å². The smallest absolute Gasteiger partial charge is 0.352 e. The zero-order chi connectivity index (χ0) is 28.7. The Morgan fingerprint density at radius 3 is 2.26 bits per heavy atom. The van der Waals surface area contributed by atoms with E-state index in [2.05, 4.69) is 5.32 Å². The van der Waals surface area contributed by atoms with Gasteiger partial charge in [0.2, 0.25) is 21.8 Å². The van der Waals surface area contributed by atoms with Crippen molar-refractivity contribution in [3.05, 3.63) is 65.2 Å². The molecule has 0 fully saturated rings. The Labute approximate surface area is 223 Å². The second-order valence-electron chi connectivity index (χ2n) is 9.58. The van der Waals surface area contributed by atoms with Crippen LogP contribution in [0.1, 0.15) is 56.7 Å². The second-order valence-corrected chi connectivity index (χ2v) is 11.5. The van der Waals surface area contributed by atoms with Gasteiger partial charge < -0.3 is 10.2 Å². The number of nitrogens with zero attached hydrogens (tertiary/aromatic N) is 2. The minimum absolute atomic E-state index is 0.0503. The van der Waals surface area contributed by atoms with Gasteiger partial charge in [-0.2, -0.15) is 13.2 Å². The molecule has 0 radical (unpaired) electrons. The highest BCUT2D eigenvalue weighted by molar-refractivity contribution is 7.92. The number of sulfonamides is 1. The van der Waals surface area contributed by atoms with Gasteiger partial charge in [-0.3, -0.25) is 13.9 Å². The third-order valence-electron chi connectivity index (χ3n) is 5.87. The molecule has 0 aliphatic heterocycles. The Kier molecular flexibility index (Phi) is 10.8. The molecule has 2 rings (SSSR count). The SMILES string of the molecule is CC[C@H](C(=O)NC(C)C)N(Cc1cccc(C)c1)C(=O)CCCN(c1cccc(C(F)(F)F)c1)S(C)(=O)=O.